The Kier molecular flexibility index (Phi) is 4.27. The molecule has 84 valence electrons. The Morgan fingerprint density at radius 3 is 2.50 bits per heavy atom. The number of benzene rings is 1. The van der Waals surface area contributed by atoms with Gasteiger partial charge >= 0.3 is 5.97 Å². The van der Waals surface area contributed by atoms with Crippen molar-refractivity contribution in [2.75, 3.05) is 6.61 Å². The van der Waals surface area contributed by atoms with Gasteiger partial charge in [-0.25, -0.2) is 4.79 Å². The molecule has 0 heterocycles. The van der Waals surface area contributed by atoms with Crippen molar-refractivity contribution in [3.05, 3.63) is 47.7 Å². The third-order valence-corrected chi connectivity index (χ3v) is 1.86. The molecular weight excluding hydrogens is 206 g/mol. The predicted molar refractivity (Wildman–Crippen MR) is 59.7 cm³/mol. The first kappa shape index (κ1) is 12.0. The SMILES string of the molecule is CCOC(=O)C(N)=CC(=O)c1ccccc1. The summed E-state index contributed by atoms with van der Waals surface area (Å²) in [6, 6.07) is 8.58. The zero-order chi connectivity index (χ0) is 12.0. The number of ether oxygens (including phenoxy) is 1. The van der Waals surface area contributed by atoms with E-state index in [0.29, 0.717) is 5.56 Å². The number of ketones is 1. The molecule has 16 heavy (non-hydrogen) atoms. The molecule has 1 rings (SSSR count). The standard InChI is InChI=1S/C12H13NO3/c1-2-16-12(15)10(13)8-11(14)9-6-4-3-5-7-9/h3-8H,2,13H2,1H3. The summed E-state index contributed by atoms with van der Waals surface area (Å²) in [6.45, 7) is 1.90. The molecule has 0 radical (unpaired) electrons. The van der Waals surface area contributed by atoms with Crippen LogP contribution in [0.4, 0.5) is 0 Å². The Bertz CT molecular complexity index is 410. The number of rotatable bonds is 4. The number of esters is 1. The van der Waals surface area contributed by atoms with Gasteiger partial charge in [0.1, 0.15) is 5.70 Å². The summed E-state index contributed by atoms with van der Waals surface area (Å²) in [5.41, 5.74) is 5.70. The van der Waals surface area contributed by atoms with Gasteiger partial charge in [-0.3, -0.25) is 4.79 Å². The van der Waals surface area contributed by atoms with Gasteiger partial charge in [0.05, 0.1) is 6.61 Å². The lowest BCUT2D eigenvalue weighted by atomic mass is 10.1. The average Bonchev–Trinajstić information content (AvgIpc) is 2.30. The quantitative estimate of drug-likeness (QED) is 0.470. The van der Waals surface area contributed by atoms with Gasteiger partial charge in [0.15, 0.2) is 5.78 Å². The molecule has 0 aliphatic carbocycles. The predicted octanol–water partition coefficient (Wildman–Crippen LogP) is 1.27. The second-order valence-electron chi connectivity index (χ2n) is 3.05. The van der Waals surface area contributed by atoms with E-state index in [9.17, 15) is 9.59 Å². The third-order valence-electron chi connectivity index (χ3n) is 1.86. The monoisotopic (exact) mass is 219 g/mol. The maximum absolute atomic E-state index is 11.6. The van der Waals surface area contributed by atoms with Gasteiger partial charge in [-0.15, -0.1) is 0 Å². The Balaban J connectivity index is 2.77. The number of hydrogen-bond donors (Lipinski definition) is 1. The first-order chi connectivity index (χ1) is 7.65. The minimum atomic E-state index is -0.674. The lowest BCUT2D eigenvalue weighted by Crippen LogP contribution is -2.16. The molecule has 0 spiro atoms. The van der Waals surface area contributed by atoms with Crippen LogP contribution in [0.5, 0.6) is 0 Å². The molecule has 1 aromatic rings. The van der Waals surface area contributed by atoms with E-state index >= 15 is 0 Å². The van der Waals surface area contributed by atoms with Crippen molar-refractivity contribution in [3.8, 4) is 0 Å². The number of carbonyl (C=O) groups is 2. The Labute approximate surface area is 93.7 Å². The molecule has 0 amide bonds. The van der Waals surface area contributed by atoms with E-state index in [2.05, 4.69) is 4.74 Å². The summed E-state index contributed by atoms with van der Waals surface area (Å²) in [4.78, 5) is 22.7. The van der Waals surface area contributed by atoms with Crippen molar-refractivity contribution in [3.63, 3.8) is 0 Å². The number of carbonyl (C=O) groups excluding carboxylic acids is 2. The molecule has 0 unspecified atom stereocenters. The van der Waals surface area contributed by atoms with Gasteiger partial charge in [0.25, 0.3) is 0 Å². The minimum Gasteiger partial charge on any atom is -0.461 e. The van der Waals surface area contributed by atoms with Crippen molar-refractivity contribution < 1.29 is 14.3 Å². The maximum atomic E-state index is 11.6. The summed E-state index contributed by atoms with van der Waals surface area (Å²) >= 11 is 0. The molecule has 4 nitrogen and oxygen atoms in total. The van der Waals surface area contributed by atoms with Gasteiger partial charge in [-0.1, -0.05) is 30.3 Å². The lowest BCUT2D eigenvalue weighted by Gasteiger charge is -2.01. The molecule has 2 N–H and O–H groups in total. The van der Waals surface area contributed by atoms with Crippen LogP contribution in [0, 0.1) is 0 Å². The van der Waals surface area contributed by atoms with Crippen LogP contribution in [-0.4, -0.2) is 18.4 Å². The molecule has 4 heteroatoms. The van der Waals surface area contributed by atoms with Crippen LogP contribution in [0.2, 0.25) is 0 Å². The van der Waals surface area contributed by atoms with Crippen LogP contribution in [0.25, 0.3) is 0 Å². The summed E-state index contributed by atoms with van der Waals surface area (Å²) in [6.07, 6.45) is 1.08. The van der Waals surface area contributed by atoms with Gasteiger partial charge in [0, 0.05) is 11.6 Å². The van der Waals surface area contributed by atoms with Gasteiger partial charge in [-0.2, -0.15) is 0 Å². The number of allylic oxidation sites excluding steroid dienone is 1. The zero-order valence-electron chi connectivity index (χ0n) is 8.97. The molecule has 0 aliphatic rings. The molecular formula is C12H13NO3. The largest absolute Gasteiger partial charge is 0.461 e. The fraction of sp³-hybridized carbons (Fsp3) is 0.167. The van der Waals surface area contributed by atoms with Crippen molar-refractivity contribution >= 4 is 11.8 Å². The Morgan fingerprint density at radius 2 is 1.94 bits per heavy atom. The van der Waals surface area contributed by atoms with E-state index in [4.69, 9.17) is 5.73 Å². The number of nitrogens with two attached hydrogens (primary N) is 1. The second kappa shape index (κ2) is 5.70. The smallest absolute Gasteiger partial charge is 0.354 e. The topological polar surface area (TPSA) is 69.4 Å². The van der Waals surface area contributed by atoms with Gasteiger partial charge in [0.2, 0.25) is 0 Å². The van der Waals surface area contributed by atoms with Crippen LogP contribution in [-0.2, 0) is 9.53 Å². The van der Waals surface area contributed by atoms with Gasteiger partial charge < -0.3 is 10.5 Å². The average molecular weight is 219 g/mol. The normalized spacial score (nSPS) is 10.9. The zero-order valence-corrected chi connectivity index (χ0v) is 8.97. The van der Waals surface area contributed by atoms with Crippen molar-refractivity contribution in [1.82, 2.24) is 0 Å². The van der Waals surface area contributed by atoms with Crippen LogP contribution in [0.15, 0.2) is 42.1 Å². The molecule has 0 aliphatic heterocycles. The molecule has 0 saturated carbocycles. The van der Waals surface area contributed by atoms with E-state index in [1.807, 2.05) is 0 Å². The van der Waals surface area contributed by atoms with Gasteiger partial charge in [-0.05, 0) is 6.92 Å². The molecule has 0 fully saturated rings. The van der Waals surface area contributed by atoms with Crippen molar-refractivity contribution in [2.45, 2.75) is 6.92 Å². The van der Waals surface area contributed by atoms with Crippen LogP contribution in [0.3, 0.4) is 0 Å². The highest BCUT2D eigenvalue weighted by molar-refractivity contribution is 6.08. The molecule has 0 bridgehead atoms. The van der Waals surface area contributed by atoms with E-state index in [0.717, 1.165) is 6.08 Å². The first-order valence-electron chi connectivity index (χ1n) is 4.88. The highest BCUT2D eigenvalue weighted by Crippen LogP contribution is 2.02. The van der Waals surface area contributed by atoms with Crippen LogP contribution < -0.4 is 5.73 Å². The summed E-state index contributed by atoms with van der Waals surface area (Å²) in [5.74, 6) is -0.988. The summed E-state index contributed by atoms with van der Waals surface area (Å²) < 4.78 is 4.66. The maximum Gasteiger partial charge on any atom is 0.354 e. The lowest BCUT2D eigenvalue weighted by molar-refractivity contribution is -0.138. The summed E-state index contributed by atoms with van der Waals surface area (Å²) in [5, 5.41) is 0. The molecule has 0 saturated heterocycles. The fourth-order valence-electron chi connectivity index (χ4n) is 1.10. The van der Waals surface area contributed by atoms with Crippen LogP contribution >= 0.6 is 0 Å². The molecule has 0 aromatic heterocycles. The highest BCUT2D eigenvalue weighted by Gasteiger charge is 2.09. The Morgan fingerprint density at radius 1 is 1.31 bits per heavy atom. The molecule has 1 aromatic carbocycles. The Hall–Kier alpha value is -2.10. The molecule has 0 atom stereocenters. The van der Waals surface area contributed by atoms with E-state index in [-0.39, 0.29) is 18.1 Å². The van der Waals surface area contributed by atoms with Crippen LogP contribution in [0.1, 0.15) is 17.3 Å². The third kappa shape index (κ3) is 3.24. The first-order valence-corrected chi connectivity index (χ1v) is 4.88. The van der Waals surface area contributed by atoms with E-state index in [1.54, 1.807) is 37.3 Å². The minimum absolute atomic E-state index is 0.185. The summed E-state index contributed by atoms with van der Waals surface area (Å²) in [7, 11) is 0. The van der Waals surface area contributed by atoms with E-state index < -0.39 is 5.97 Å². The van der Waals surface area contributed by atoms with E-state index in [1.165, 1.54) is 0 Å². The van der Waals surface area contributed by atoms with Crippen molar-refractivity contribution in [1.29, 1.82) is 0 Å². The second-order valence-corrected chi connectivity index (χ2v) is 3.05. The highest BCUT2D eigenvalue weighted by atomic mass is 16.5. The number of hydrogen-bond acceptors (Lipinski definition) is 4. The fourth-order valence-corrected chi connectivity index (χ4v) is 1.10. The van der Waals surface area contributed by atoms with Crippen molar-refractivity contribution in [2.24, 2.45) is 5.73 Å².